The first-order valence-corrected chi connectivity index (χ1v) is 6.62. The van der Waals surface area contributed by atoms with Crippen molar-refractivity contribution in [2.45, 2.75) is 0 Å². The van der Waals surface area contributed by atoms with E-state index in [1.54, 1.807) is 12.1 Å². The Hall–Kier alpha value is 0.640. The number of hydrogen-bond acceptors (Lipinski definition) is 0. The molecule has 0 N–H and O–H groups in total. The van der Waals surface area contributed by atoms with Gasteiger partial charge >= 0.3 is 0 Å². The lowest BCUT2D eigenvalue weighted by Gasteiger charge is -2.01. The van der Waals surface area contributed by atoms with Crippen molar-refractivity contribution in [3.63, 3.8) is 0 Å². The lowest BCUT2D eigenvalue weighted by atomic mass is 10.3. The van der Waals surface area contributed by atoms with Crippen LogP contribution in [0.5, 0.6) is 0 Å². The molecule has 1 aromatic carbocycles. The summed E-state index contributed by atoms with van der Waals surface area (Å²) < 4.78 is 13.6. The fourth-order valence-electron chi connectivity index (χ4n) is 0.618. The largest absolute Gasteiger partial charge is 0.206 e. The molecule has 1 aromatic rings. The SMILES string of the molecule is Fc1cc(Br)ccc1P(Cl)Cl. The molecule has 0 aliphatic rings. The van der Waals surface area contributed by atoms with Crippen molar-refractivity contribution in [3.8, 4) is 0 Å². The van der Waals surface area contributed by atoms with Crippen molar-refractivity contribution in [2.24, 2.45) is 0 Å². The Morgan fingerprint density at radius 1 is 1.36 bits per heavy atom. The van der Waals surface area contributed by atoms with Gasteiger partial charge in [-0.3, -0.25) is 0 Å². The predicted octanol–water partition coefficient (Wildman–Crippen LogP) is 4.00. The second-order valence-corrected chi connectivity index (χ2v) is 6.24. The van der Waals surface area contributed by atoms with Gasteiger partial charge < -0.3 is 0 Å². The van der Waals surface area contributed by atoms with Crippen LogP contribution in [0, 0.1) is 5.82 Å². The van der Waals surface area contributed by atoms with E-state index in [1.165, 1.54) is 6.07 Å². The van der Waals surface area contributed by atoms with E-state index in [-0.39, 0.29) is 5.82 Å². The van der Waals surface area contributed by atoms with E-state index in [1.807, 2.05) is 0 Å². The van der Waals surface area contributed by atoms with E-state index in [9.17, 15) is 4.39 Å². The Morgan fingerprint density at radius 2 is 2.00 bits per heavy atom. The zero-order valence-electron chi connectivity index (χ0n) is 5.19. The third-order valence-corrected chi connectivity index (χ3v) is 3.40. The molecular formula is C6H3BrCl2FP. The summed E-state index contributed by atoms with van der Waals surface area (Å²) in [7, 11) is 0. The average Bonchev–Trinajstić information content (AvgIpc) is 1.85. The third kappa shape index (κ3) is 2.55. The number of halogens is 4. The van der Waals surface area contributed by atoms with E-state index in [0.29, 0.717) is 9.78 Å². The highest BCUT2D eigenvalue weighted by Crippen LogP contribution is 2.46. The van der Waals surface area contributed by atoms with Crippen molar-refractivity contribution < 1.29 is 4.39 Å². The molecule has 0 saturated heterocycles. The van der Waals surface area contributed by atoms with E-state index < -0.39 is 6.63 Å². The molecule has 0 atom stereocenters. The summed E-state index contributed by atoms with van der Waals surface area (Å²) in [6, 6.07) is 4.62. The summed E-state index contributed by atoms with van der Waals surface area (Å²) in [5.41, 5.74) is 0. The summed E-state index contributed by atoms with van der Waals surface area (Å²) >= 11 is 14.2. The molecule has 0 aliphatic heterocycles. The molecule has 0 spiro atoms. The van der Waals surface area contributed by atoms with Gasteiger partial charge in [-0.2, -0.15) is 0 Å². The molecule has 11 heavy (non-hydrogen) atoms. The Balaban J connectivity index is 3.09. The minimum Gasteiger partial charge on any atom is -0.206 e. The molecule has 0 aliphatic carbocycles. The molecular weight excluding hydrogens is 273 g/mol. The first kappa shape index (κ1) is 9.73. The highest BCUT2D eigenvalue weighted by Gasteiger charge is 2.09. The quantitative estimate of drug-likeness (QED) is 0.680. The standard InChI is InChI=1S/C6H3BrCl2FP/c7-4-1-2-6(11(8)9)5(10)3-4/h1-3H. The Kier molecular flexibility index (Phi) is 3.57. The zero-order valence-corrected chi connectivity index (χ0v) is 9.18. The second kappa shape index (κ2) is 4.04. The minimum atomic E-state index is -1.38. The average molecular weight is 276 g/mol. The van der Waals surface area contributed by atoms with Gasteiger partial charge in [-0.15, -0.1) is 0 Å². The van der Waals surface area contributed by atoms with Crippen molar-refractivity contribution in [1.82, 2.24) is 0 Å². The molecule has 0 heterocycles. The monoisotopic (exact) mass is 274 g/mol. The Labute approximate surface area is 83.2 Å². The topological polar surface area (TPSA) is 0 Å². The first-order chi connectivity index (χ1) is 5.11. The van der Waals surface area contributed by atoms with Gasteiger partial charge in [-0.05, 0) is 18.2 Å². The van der Waals surface area contributed by atoms with Crippen LogP contribution in [-0.4, -0.2) is 0 Å². The molecule has 0 radical (unpaired) electrons. The highest BCUT2D eigenvalue weighted by molar-refractivity contribution is 9.10. The van der Waals surface area contributed by atoms with Crippen molar-refractivity contribution in [3.05, 3.63) is 28.5 Å². The molecule has 0 bridgehead atoms. The molecule has 60 valence electrons. The molecule has 0 saturated carbocycles. The summed E-state index contributed by atoms with van der Waals surface area (Å²) in [6.07, 6.45) is 0. The first-order valence-electron chi connectivity index (χ1n) is 2.68. The molecule has 0 aromatic heterocycles. The van der Waals surface area contributed by atoms with Crippen LogP contribution in [-0.2, 0) is 0 Å². The van der Waals surface area contributed by atoms with E-state index in [4.69, 9.17) is 22.5 Å². The lowest BCUT2D eigenvalue weighted by molar-refractivity contribution is 0.635. The molecule has 1 rings (SSSR count). The van der Waals surface area contributed by atoms with Gasteiger partial charge in [0, 0.05) is 9.78 Å². The molecule has 0 fully saturated rings. The van der Waals surface area contributed by atoms with Crippen molar-refractivity contribution >= 4 is 50.3 Å². The summed E-state index contributed by atoms with van der Waals surface area (Å²) in [5.74, 6) is -0.365. The van der Waals surface area contributed by atoms with Crippen LogP contribution in [0.25, 0.3) is 0 Å². The maximum atomic E-state index is 12.9. The fraction of sp³-hybridized carbons (Fsp3) is 0. The third-order valence-electron chi connectivity index (χ3n) is 1.09. The Morgan fingerprint density at radius 3 is 2.45 bits per heavy atom. The molecule has 0 nitrogen and oxygen atoms in total. The maximum absolute atomic E-state index is 12.9. The van der Waals surface area contributed by atoms with Crippen LogP contribution in [0.4, 0.5) is 4.39 Å². The smallest absolute Gasteiger partial charge is 0.134 e. The number of hydrogen-bond donors (Lipinski definition) is 0. The van der Waals surface area contributed by atoms with Crippen LogP contribution in [0.3, 0.4) is 0 Å². The van der Waals surface area contributed by atoms with Gasteiger partial charge in [0.05, 0.1) is 0 Å². The van der Waals surface area contributed by atoms with Crippen LogP contribution in [0.15, 0.2) is 22.7 Å². The Bertz CT molecular complexity index is 267. The normalized spacial score (nSPS) is 10.6. The molecule has 5 heteroatoms. The van der Waals surface area contributed by atoms with E-state index in [2.05, 4.69) is 15.9 Å². The summed E-state index contributed by atoms with van der Waals surface area (Å²) in [5, 5.41) is 0.367. The predicted molar refractivity (Wildman–Crippen MR) is 52.4 cm³/mol. The van der Waals surface area contributed by atoms with Gasteiger partial charge in [0.1, 0.15) is 12.4 Å². The highest BCUT2D eigenvalue weighted by atomic mass is 79.9. The van der Waals surface area contributed by atoms with Gasteiger partial charge in [0.2, 0.25) is 0 Å². The van der Waals surface area contributed by atoms with E-state index in [0.717, 1.165) is 0 Å². The van der Waals surface area contributed by atoms with Crippen molar-refractivity contribution in [1.29, 1.82) is 0 Å². The zero-order chi connectivity index (χ0) is 8.43. The molecule has 0 amide bonds. The van der Waals surface area contributed by atoms with Crippen LogP contribution in [0.2, 0.25) is 0 Å². The maximum Gasteiger partial charge on any atom is 0.134 e. The van der Waals surface area contributed by atoms with Gasteiger partial charge in [-0.1, -0.05) is 38.4 Å². The van der Waals surface area contributed by atoms with Crippen molar-refractivity contribution in [2.75, 3.05) is 0 Å². The van der Waals surface area contributed by atoms with Crippen LogP contribution >= 0.6 is 45.0 Å². The van der Waals surface area contributed by atoms with Gasteiger partial charge in [0.15, 0.2) is 0 Å². The minimum absolute atomic E-state index is 0.365. The van der Waals surface area contributed by atoms with Gasteiger partial charge in [-0.25, -0.2) is 4.39 Å². The second-order valence-electron chi connectivity index (χ2n) is 1.83. The van der Waals surface area contributed by atoms with Gasteiger partial charge in [0.25, 0.3) is 0 Å². The van der Waals surface area contributed by atoms with Crippen LogP contribution in [0.1, 0.15) is 0 Å². The lowest BCUT2D eigenvalue weighted by Crippen LogP contribution is -2.00. The van der Waals surface area contributed by atoms with Crippen LogP contribution < -0.4 is 5.30 Å². The molecule has 0 unspecified atom stereocenters. The number of benzene rings is 1. The summed E-state index contributed by atoms with van der Waals surface area (Å²) in [4.78, 5) is 0. The fourth-order valence-corrected chi connectivity index (χ4v) is 2.19. The summed E-state index contributed by atoms with van der Waals surface area (Å²) in [6.45, 7) is -1.38. The van der Waals surface area contributed by atoms with E-state index >= 15 is 0 Å². The number of rotatable bonds is 1.